The van der Waals surface area contributed by atoms with Gasteiger partial charge in [0.1, 0.15) is 0 Å². The highest BCUT2D eigenvalue weighted by Gasteiger charge is 2.18. The Bertz CT molecular complexity index is 754. The van der Waals surface area contributed by atoms with Crippen molar-refractivity contribution in [2.24, 2.45) is 0 Å². The van der Waals surface area contributed by atoms with E-state index in [0.717, 1.165) is 45.4 Å². The molecular formula is C25H34N2O. The van der Waals surface area contributed by atoms with Crippen LogP contribution in [0.3, 0.4) is 0 Å². The number of β-amino-alcohol motifs (C(OH)–C–C–N with tert-alkyl or cyclic N) is 1. The monoisotopic (exact) mass is 378 g/mol. The predicted molar refractivity (Wildman–Crippen MR) is 115 cm³/mol. The summed E-state index contributed by atoms with van der Waals surface area (Å²) < 4.78 is 0. The lowest BCUT2D eigenvalue weighted by Crippen LogP contribution is -2.36. The lowest BCUT2D eigenvalue weighted by molar-refractivity contribution is 0.0988. The van der Waals surface area contributed by atoms with Crippen LogP contribution in [0.25, 0.3) is 0 Å². The van der Waals surface area contributed by atoms with E-state index in [9.17, 15) is 5.11 Å². The molecule has 1 saturated carbocycles. The van der Waals surface area contributed by atoms with Gasteiger partial charge in [-0.2, -0.15) is 0 Å². The molecule has 0 saturated heterocycles. The number of benzene rings is 2. The van der Waals surface area contributed by atoms with Crippen LogP contribution in [-0.4, -0.2) is 35.2 Å². The summed E-state index contributed by atoms with van der Waals surface area (Å²) in [4.78, 5) is 2.40. The van der Waals surface area contributed by atoms with Gasteiger partial charge in [0, 0.05) is 32.2 Å². The van der Waals surface area contributed by atoms with Crippen molar-refractivity contribution in [3.8, 4) is 0 Å². The van der Waals surface area contributed by atoms with Crippen molar-refractivity contribution in [1.82, 2.24) is 10.2 Å². The van der Waals surface area contributed by atoms with Crippen molar-refractivity contribution in [2.75, 3.05) is 13.1 Å². The van der Waals surface area contributed by atoms with Crippen LogP contribution >= 0.6 is 0 Å². The molecule has 1 unspecified atom stereocenters. The van der Waals surface area contributed by atoms with Crippen LogP contribution in [0.5, 0.6) is 0 Å². The van der Waals surface area contributed by atoms with Crippen molar-refractivity contribution in [3.05, 3.63) is 70.8 Å². The predicted octanol–water partition coefficient (Wildman–Crippen LogP) is 4.07. The molecule has 0 bridgehead atoms. The number of aliphatic hydroxyl groups excluding tert-OH is 1. The van der Waals surface area contributed by atoms with Gasteiger partial charge in [0.2, 0.25) is 0 Å². The van der Waals surface area contributed by atoms with Gasteiger partial charge < -0.3 is 10.4 Å². The van der Waals surface area contributed by atoms with Gasteiger partial charge in [-0.05, 0) is 54.4 Å². The summed E-state index contributed by atoms with van der Waals surface area (Å²) in [5.41, 5.74) is 5.60. The third kappa shape index (κ3) is 5.44. The molecule has 1 fully saturated rings. The molecule has 4 rings (SSSR count). The average Bonchev–Trinajstić information content (AvgIpc) is 3.25. The number of aryl methyl sites for hydroxylation is 1. The number of rotatable bonds is 8. The first-order valence-corrected chi connectivity index (χ1v) is 11.0. The van der Waals surface area contributed by atoms with Crippen molar-refractivity contribution < 1.29 is 5.11 Å². The molecule has 28 heavy (non-hydrogen) atoms. The number of hydrogen-bond donors (Lipinski definition) is 2. The second-order valence-electron chi connectivity index (χ2n) is 8.63. The van der Waals surface area contributed by atoms with Gasteiger partial charge in [0.25, 0.3) is 0 Å². The smallest absolute Gasteiger partial charge is 0.0670 e. The Morgan fingerprint density at radius 3 is 2.64 bits per heavy atom. The second kappa shape index (κ2) is 9.69. The molecule has 0 spiro atoms. The molecule has 1 heterocycles. The van der Waals surface area contributed by atoms with E-state index in [1.54, 1.807) is 0 Å². The molecule has 3 heteroatoms. The number of nitrogens with zero attached hydrogens (tertiary/aromatic N) is 1. The van der Waals surface area contributed by atoms with Crippen LogP contribution in [0, 0.1) is 0 Å². The average molecular weight is 379 g/mol. The standard InChI is InChI=1S/C25H34N2O/c28-25(19-27-15-14-22-8-1-2-9-23(22)18-27)13-12-20-6-5-7-21(16-20)17-26-24-10-3-4-11-24/h1-2,5-9,16,24-26,28H,3-4,10-15,17-19H2. The van der Waals surface area contributed by atoms with Crippen LogP contribution in [0.15, 0.2) is 48.5 Å². The summed E-state index contributed by atoms with van der Waals surface area (Å²) in [7, 11) is 0. The fraction of sp³-hybridized carbons (Fsp3) is 0.520. The van der Waals surface area contributed by atoms with Crippen molar-refractivity contribution in [3.63, 3.8) is 0 Å². The van der Waals surface area contributed by atoms with E-state index in [-0.39, 0.29) is 6.10 Å². The molecule has 3 nitrogen and oxygen atoms in total. The van der Waals surface area contributed by atoms with E-state index in [4.69, 9.17) is 0 Å². The van der Waals surface area contributed by atoms with Gasteiger partial charge in [0.05, 0.1) is 6.10 Å². The SMILES string of the molecule is OC(CCc1cccc(CNC2CCCC2)c1)CN1CCc2ccccc2C1. The van der Waals surface area contributed by atoms with E-state index >= 15 is 0 Å². The first-order valence-electron chi connectivity index (χ1n) is 11.0. The first kappa shape index (κ1) is 19.6. The zero-order valence-electron chi connectivity index (χ0n) is 16.9. The third-order valence-electron chi connectivity index (χ3n) is 6.39. The third-order valence-corrected chi connectivity index (χ3v) is 6.39. The molecule has 150 valence electrons. The minimum absolute atomic E-state index is 0.259. The fourth-order valence-electron chi connectivity index (χ4n) is 4.72. The maximum absolute atomic E-state index is 10.6. The van der Waals surface area contributed by atoms with Gasteiger partial charge in [-0.1, -0.05) is 61.4 Å². The number of fused-ring (bicyclic) bond motifs is 1. The van der Waals surface area contributed by atoms with E-state index < -0.39 is 0 Å². The van der Waals surface area contributed by atoms with Gasteiger partial charge >= 0.3 is 0 Å². The Hall–Kier alpha value is -1.68. The Balaban J connectivity index is 1.22. The van der Waals surface area contributed by atoms with Gasteiger partial charge in [-0.3, -0.25) is 4.90 Å². The van der Waals surface area contributed by atoms with Crippen LogP contribution in [0.2, 0.25) is 0 Å². The zero-order valence-corrected chi connectivity index (χ0v) is 16.9. The molecule has 1 aliphatic heterocycles. The molecule has 2 aromatic carbocycles. The highest BCUT2D eigenvalue weighted by atomic mass is 16.3. The molecule has 0 amide bonds. The highest BCUT2D eigenvalue weighted by molar-refractivity contribution is 5.29. The molecule has 2 aromatic rings. The van der Waals surface area contributed by atoms with Crippen molar-refractivity contribution in [1.29, 1.82) is 0 Å². The minimum atomic E-state index is -0.259. The lowest BCUT2D eigenvalue weighted by atomic mass is 9.99. The summed E-state index contributed by atoms with van der Waals surface area (Å²) in [5, 5.41) is 14.3. The molecular weight excluding hydrogens is 344 g/mol. The van der Waals surface area contributed by atoms with Crippen LogP contribution < -0.4 is 5.32 Å². The van der Waals surface area contributed by atoms with Crippen LogP contribution in [0.4, 0.5) is 0 Å². The Kier molecular flexibility index (Phi) is 6.79. The first-order chi connectivity index (χ1) is 13.8. The Morgan fingerprint density at radius 2 is 1.79 bits per heavy atom. The van der Waals surface area contributed by atoms with Crippen LogP contribution in [-0.2, 0) is 25.9 Å². The maximum Gasteiger partial charge on any atom is 0.0670 e. The summed E-state index contributed by atoms with van der Waals surface area (Å²) in [6.45, 7) is 3.76. The molecule has 2 aliphatic rings. The number of hydrogen-bond acceptors (Lipinski definition) is 3. The molecule has 1 aliphatic carbocycles. The van der Waals surface area contributed by atoms with Gasteiger partial charge in [-0.25, -0.2) is 0 Å². The zero-order chi connectivity index (χ0) is 19.2. The lowest BCUT2D eigenvalue weighted by Gasteiger charge is -2.30. The molecule has 1 atom stereocenters. The normalized spacial score (nSPS) is 18.9. The maximum atomic E-state index is 10.6. The fourth-order valence-corrected chi connectivity index (χ4v) is 4.72. The molecule has 0 aromatic heterocycles. The van der Waals surface area contributed by atoms with Crippen molar-refractivity contribution in [2.45, 2.75) is 70.2 Å². The second-order valence-corrected chi connectivity index (χ2v) is 8.63. The van der Waals surface area contributed by atoms with Gasteiger partial charge in [0.15, 0.2) is 0 Å². The van der Waals surface area contributed by atoms with Crippen LogP contribution in [0.1, 0.15) is 54.4 Å². The summed E-state index contributed by atoms with van der Waals surface area (Å²) in [6.07, 6.45) is 8.01. The Morgan fingerprint density at radius 1 is 1.00 bits per heavy atom. The van der Waals surface area contributed by atoms with E-state index in [2.05, 4.69) is 58.7 Å². The van der Waals surface area contributed by atoms with E-state index in [1.807, 2.05) is 0 Å². The largest absolute Gasteiger partial charge is 0.392 e. The van der Waals surface area contributed by atoms with Crippen molar-refractivity contribution >= 4 is 0 Å². The van der Waals surface area contributed by atoms with E-state index in [1.165, 1.54) is 47.9 Å². The quantitative estimate of drug-likeness (QED) is 0.727. The van der Waals surface area contributed by atoms with E-state index in [0.29, 0.717) is 6.04 Å². The summed E-state index contributed by atoms with van der Waals surface area (Å²) in [6, 6.07) is 18.3. The summed E-state index contributed by atoms with van der Waals surface area (Å²) in [5.74, 6) is 0. The molecule has 0 radical (unpaired) electrons. The Labute approximate surface area is 169 Å². The topological polar surface area (TPSA) is 35.5 Å². The number of aliphatic hydroxyl groups is 1. The minimum Gasteiger partial charge on any atom is -0.392 e. The number of nitrogens with one attached hydrogen (secondary N) is 1. The van der Waals surface area contributed by atoms with Gasteiger partial charge in [-0.15, -0.1) is 0 Å². The molecule has 2 N–H and O–H groups in total. The summed E-state index contributed by atoms with van der Waals surface area (Å²) >= 11 is 0. The highest BCUT2D eigenvalue weighted by Crippen LogP contribution is 2.20.